The van der Waals surface area contributed by atoms with Gasteiger partial charge in [0.1, 0.15) is 30.8 Å². The van der Waals surface area contributed by atoms with Crippen LogP contribution in [-0.2, 0) is 0 Å². The molecule has 6 nitrogen and oxygen atoms in total. The van der Waals surface area contributed by atoms with Gasteiger partial charge in [-0.15, -0.1) is 11.3 Å². The molecular weight excluding hydrogens is 364 g/mol. The van der Waals surface area contributed by atoms with Gasteiger partial charge < -0.3 is 24.4 Å². The minimum absolute atomic E-state index is 0.120. The standard InChI is InChI=1S/C20H26N2O4S/c1-25-17-5-7-18(8-6-17)26-15-16(23)14-21-9-3-10-22(12-11-21)20(24)19-4-2-13-27-19/h2,4-8,13,16,23H,3,9-12,14-15H2,1H3/p+1/t16-/m1/s1. The van der Waals surface area contributed by atoms with Gasteiger partial charge in [0.25, 0.3) is 5.91 Å². The molecule has 0 radical (unpaired) electrons. The normalized spacial score (nSPS) is 18.6. The Morgan fingerprint density at radius 2 is 2.00 bits per heavy atom. The van der Waals surface area contributed by atoms with Gasteiger partial charge in [0, 0.05) is 13.0 Å². The Morgan fingerprint density at radius 1 is 1.22 bits per heavy atom. The molecule has 0 saturated carbocycles. The number of hydrogen-bond donors (Lipinski definition) is 2. The molecule has 2 heterocycles. The molecule has 2 N–H and O–H groups in total. The molecule has 1 aliphatic heterocycles. The summed E-state index contributed by atoms with van der Waals surface area (Å²) in [5.74, 6) is 1.61. The summed E-state index contributed by atoms with van der Waals surface area (Å²) in [5, 5.41) is 12.3. The number of rotatable bonds is 7. The Balaban J connectivity index is 1.43. The molecule has 0 spiro atoms. The van der Waals surface area contributed by atoms with Crippen LogP contribution in [0.4, 0.5) is 0 Å². The molecule has 1 aromatic carbocycles. The fourth-order valence-corrected chi connectivity index (χ4v) is 3.96. The Hall–Kier alpha value is -2.09. The van der Waals surface area contributed by atoms with Crippen LogP contribution in [0.25, 0.3) is 0 Å². The van der Waals surface area contributed by atoms with Crippen LogP contribution in [-0.4, -0.2) is 68.5 Å². The van der Waals surface area contributed by atoms with E-state index >= 15 is 0 Å². The van der Waals surface area contributed by atoms with Gasteiger partial charge in [-0.3, -0.25) is 4.79 Å². The highest BCUT2D eigenvalue weighted by atomic mass is 32.1. The van der Waals surface area contributed by atoms with Crippen molar-refractivity contribution in [1.29, 1.82) is 0 Å². The Bertz CT molecular complexity index is 705. The van der Waals surface area contributed by atoms with E-state index in [1.54, 1.807) is 7.11 Å². The zero-order valence-corrected chi connectivity index (χ0v) is 16.4. The van der Waals surface area contributed by atoms with Gasteiger partial charge in [0.2, 0.25) is 0 Å². The molecule has 27 heavy (non-hydrogen) atoms. The van der Waals surface area contributed by atoms with Crippen molar-refractivity contribution in [3.05, 3.63) is 46.7 Å². The average molecular weight is 392 g/mol. The zero-order chi connectivity index (χ0) is 19.1. The maximum atomic E-state index is 12.5. The number of carbonyl (C=O) groups is 1. The number of thiophene rings is 1. The summed E-state index contributed by atoms with van der Waals surface area (Å²) in [5.41, 5.74) is 0. The number of nitrogens with zero attached hydrogens (tertiary/aromatic N) is 1. The lowest BCUT2D eigenvalue weighted by atomic mass is 10.3. The van der Waals surface area contributed by atoms with Crippen LogP contribution in [0.5, 0.6) is 11.5 Å². The second-order valence-electron chi connectivity index (χ2n) is 6.72. The number of nitrogens with one attached hydrogen (secondary N) is 1. The van der Waals surface area contributed by atoms with E-state index in [9.17, 15) is 9.90 Å². The highest BCUT2D eigenvalue weighted by molar-refractivity contribution is 7.12. The van der Waals surface area contributed by atoms with E-state index in [4.69, 9.17) is 9.47 Å². The van der Waals surface area contributed by atoms with Crippen LogP contribution in [0.15, 0.2) is 41.8 Å². The molecule has 7 heteroatoms. The van der Waals surface area contributed by atoms with Crippen molar-refractivity contribution in [2.75, 3.05) is 46.4 Å². The minimum Gasteiger partial charge on any atom is -0.497 e. The molecule has 146 valence electrons. The highest BCUT2D eigenvalue weighted by Gasteiger charge is 2.24. The van der Waals surface area contributed by atoms with Crippen molar-refractivity contribution in [1.82, 2.24) is 4.90 Å². The maximum Gasteiger partial charge on any atom is 0.264 e. The van der Waals surface area contributed by atoms with E-state index in [1.165, 1.54) is 16.2 Å². The van der Waals surface area contributed by atoms with Crippen molar-refractivity contribution in [3.63, 3.8) is 0 Å². The molecule has 1 unspecified atom stereocenters. The van der Waals surface area contributed by atoms with Crippen LogP contribution >= 0.6 is 11.3 Å². The largest absolute Gasteiger partial charge is 0.497 e. The topological polar surface area (TPSA) is 63.4 Å². The van der Waals surface area contributed by atoms with E-state index in [-0.39, 0.29) is 12.5 Å². The lowest BCUT2D eigenvalue weighted by Gasteiger charge is -2.21. The molecule has 1 saturated heterocycles. The Kier molecular flexibility index (Phi) is 7.09. The monoisotopic (exact) mass is 391 g/mol. The molecule has 0 aliphatic carbocycles. The third-order valence-electron chi connectivity index (χ3n) is 4.74. The summed E-state index contributed by atoms with van der Waals surface area (Å²) in [6.07, 6.45) is 0.403. The number of carbonyl (C=O) groups excluding carboxylic acids is 1. The quantitative estimate of drug-likeness (QED) is 0.737. The highest BCUT2D eigenvalue weighted by Crippen LogP contribution is 2.17. The van der Waals surface area contributed by atoms with Gasteiger partial charge in [-0.05, 0) is 35.7 Å². The summed E-state index contributed by atoms with van der Waals surface area (Å²) in [7, 11) is 1.62. The lowest BCUT2D eigenvalue weighted by molar-refractivity contribution is -0.901. The first-order valence-corrected chi connectivity index (χ1v) is 10.1. The molecule has 2 aromatic rings. The van der Waals surface area contributed by atoms with Crippen LogP contribution in [0.1, 0.15) is 16.1 Å². The second kappa shape index (κ2) is 9.73. The number of amides is 1. The number of aliphatic hydroxyl groups excluding tert-OH is 1. The van der Waals surface area contributed by atoms with Gasteiger partial charge in [-0.2, -0.15) is 0 Å². The van der Waals surface area contributed by atoms with Crippen molar-refractivity contribution in [2.24, 2.45) is 0 Å². The fraction of sp³-hybridized carbons (Fsp3) is 0.450. The number of quaternary nitrogens is 1. The van der Waals surface area contributed by atoms with Crippen molar-refractivity contribution in [3.8, 4) is 11.5 Å². The van der Waals surface area contributed by atoms with E-state index in [2.05, 4.69) is 0 Å². The van der Waals surface area contributed by atoms with Crippen LogP contribution < -0.4 is 14.4 Å². The molecular formula is C20H27N2O4S+. The first-order chi connectivity index (χ1) is 13.2. The van der Waals surface area contributed by atoms with E-state index in [1.807, 2.05) is 46.7 Å². The molecule has 2 atom stereocenters. The van der Waals surface area contributed by atoms with Gasteiger partial charge in [0.15, 0.2) is 0 Å². The zero-order valence-electron chi connectivity index (χ0n) is 15.6. The van der Waals surface area contributed by atoms with Crippen molar-refractivity contribution < 1.29 is 24.3 Å². The maximum absolute atomic E-state index is 12.5. The Morgan fingerprint density at radius 3 is 2.70 bits per heavy atom. The predicted octanol–water partition coefficient (Wildman–Crippen LogP) is 0.927. The summed E-state index contributed by atoms with van der Waals surface area (Å²) < 4.78 is 10.8. The average Bonchev–Trinajstić information content (AvgIpc) is 3.13. The van der Waals surface area contributed by atoms with E-state index in [0.29, 0.717) is 12.3 Å². The first kappa shape index (κ1) is 19.7. The first-order valence-electron chi connectivity index (χ1n) is 9.27. The fourth-order valence-electron chi connectivity index (χ4n) is 3.27. The second-order valence-corrected chi connectivity index (χ2v) is 7.67. The minimum atomic E-state index is -0.540. The Labute approximate surface area is 163 Å². The van der Waals surface area contributed by atoms with Crippen LogP contribution in [0, 0.1) is 0 Å². The third kappa shape index (κ3) is 5.69. The van der Waals surface area contributed by atoms with Crippen molar-refractivity contribution in [2.45, 2.75) is 12.5 Å². The smallest absolute Gasteiger partial charge is 0.264 e. The molecule has 1 aliphatic rings. The van der Waals surface area contributed by atoms with Crippen LogP contribution in [0.3, 0.4) is 0 Å². The number of benzene rings is 1. The summed E-state index contributed by atoms with van der Waals surface area (Å²) in [6, 6.07) is 11.1. The summed E-state index contributed by atoms with van der Waals surface area (Å²) >= 11 is 1.49. The van der Waals surface area contributed by atoms with Gasteiger partial charge in [-0.1, -0.05) is 6.07 Å². The molecule has 1 aromatic heterocycles. The summed E-state index contributed by atoms with van der Waals surface area (Å²) in [6.45, 7) is 4.17. The van der Waals surface area contributed by atoms with Crippen LogP contribution in [0.2, 0.25) is 0 Å². The SMILES string of the molecule is COc1ccc(OC[C@H](O)C[NH+]2CCCN(C(=O)c3cccs3)CC2)cc1. The molecule has 1 fully saturated rings. The molecule has 1 amide bonds. The van der Waals surface area contributed by atoms with Gasteiger partial charge in [0.05, 0.1) is 31.6 Å². The summed E-state index contributed by atoms with van der Waals surface area (Å²) in [4.78, 5) is 16.5. The lowest BCUT2D eigenvalue weighted by Crippen LogP contribution is -3.13. The molecule has 3 rings (SSSR count). The van der Waals surface area contributed by atoms with Gasteiger partial charge >= 0.3 is 0 Å². The molecule has 0 bridgehead atoms. The third-order valence-corrected chi connectivity index (χ3v) is 5.60. The van der Waals surface area contributed by atoms with Crippen molar-refractivity contribution >= 4 is 17.2 Å². The predicted molar refractivity (Wildman–Crippen MR) is 105 cm³/mol. The van der Waals surface area contributed by atoms with Gasteiger partial charge in [-0.25, -0.2) is 0 Å². The number of hydrogen-bond acceptors (Lipinski definition) is 5. The van der Waals surface area contributed by atoms with E-state index in [0.717, 1.165) is 43.2 Å². The number of methoxy groups -OCH3 is 1. The van der Waals surface area contributed by atoms with E-state index < -0.39 is 6.10 Å². The number of aliphatic hydroxyl groups is 1. The number of ether oxygens (including phenoxy) is 2.